The zero-order chi connectivity index (χ0) is 14.0. The molecule has 2 aromatic rings. The summed E-state index contributed by atoms with van der Waals surface area (Å²) in [4.78, 5) is 4.35. The quantitative estimate of drug-likeness (QED) is 0.902. The van der Waals surface area contributed by atoms with E-state index in [-0.39, 0.29) is 10.9 Å². The summed E-state index contributed by atoms with van der Waals surface area (Å²) in [5.41, 5.74) is 1.74. The SMILES string of the molecule is CNC(C)c1cncc(-n2cc(S(C)(=O)=O)cn2)c1. The molecular weight excluding hydrogens is 264 g/mol. The van der Waals surface area contributed by atoms with Gasteiger partial charge in [-0.2, -0.15) is 5.10 Å². The van der Waals surface area contributed by atoms with Gasteiger partial charge in [0.25, 0.3) is 0 Å². The zero-order valence-electron chi connectivity index (χ0n) is 11.0. The van der Waals surface area contributed by atoms with Crippen LogP contribution >= 0.6 is 0 Å². The van der Waals surface area contributed by atoms with E-state index in [1.54, 1.807) is 12.4 Å². The van der Waals surface area contributed by atoms with Crippen molar-refractivity contribution < 1.29 is 8.42 Å². The molecule has 0 aliphatic carbocycles. The standard InChI is InChI=1S/C12H16N4O2S/c1-9(13-2)10-4-11(6-14-5-10)16-8-12(7-15-16)19(3,17)18/h4-9,13H,1-3H3. The van der Waals surface area contributed by atoms with Gasteiger partial charge in [-0.1, -0.05) is 0 Å². The highest BCUT2D eigenvalue weighted by atomic mass is 32.2. The van der Waals surface area contributed by atoms with Crippen molar-refractivity contribution in [1.82, 2.24) is 20.1 Å². The molecule has 7 heteroatoms. The molecule has 19 heavy (non-hydrogen) atoms. The van der Waals surface area contributed by atoms with Crippen LogP contribution in [0, 0.1) is 0 Å². The molecule has 2 rings (SSSR count). The van der Waals surface area contributed by atoms with Crippen LogP contribution in [0.25, 0.3) is 5.69 Å². The average molecular weight is 280 g/mol. The van der Waals surface area contributed by atoms with Gasteiger partial charge in [-0.15, -0.1) is 0 Å². The molecule has 0 aromatic carbocycles. The number of nitrogens with zero attached hydrogens (tertiary/aromatic N) is 3. The fraction of sp³-hybridized carbons (Fsp3) is 0.333. The third-order valence-corrected chi connectivity index (χ3v) is 4.00. The van der Waals surface area contributed by atoms with Crippen LogP contribution in [0.1, 0.15) is 18.5 Å². The highest BCUT2D eigenvalue weighted by molar-refractivity contribution is 7.90. The number of sulfone groups is 1. The van der Waals surface area contributed by atoms with Crippen LogP contribution in [0.2, 0.25) is 0 Å². The number of hydrogen-bond acceptors (Lipinski definition) is 5. The lowest BCUT2D eigenvalue weighted by Gasteiger charge is -2.11. The van der Waals surface area contributed by atoms with Crippen molar-refractivity contribution >= 4 is 9.84 Å². The van der Waals surface area contributed by atoms with Crippen molar-refractivity contribution in [3.8, 4) is 5.69 Å². The molecule has 1 N–H and O–H groups in total. The molecule has 2 aromatic heterocycles. The average Bonchev–Trinajstić information content (AvgIpc) is 2.87. The Labute approximate surface area is 112 Å². The summed E-state index contributed by atoms with van der Waals surface area (Å²) in [5.74, 6) is 0. The number of pyridine rings is 1. The van der Waals surface area contributed by atoms with E-state index in [9.17, 15) is 8.42 Å². The predicted molar refractivity (Wildman–Crippen MR) is 71.9 cm³/mol. The number of rotatable bonds is 4. The van der Waals surface area contributed by atoms with E-state index in [1.807, 2.05) is 20.0 Å². The minimum Gasteiger partial charge on any atom is -0.313 e. The molecule has 0 radical (unpaired) electrons. The van der Waals surface area contributed by atoms with Gasteiger partial charge in [-0.3, -0.25) is 4.98 Å². The third-order valence-electron chi connectivity index (χ3n) is 2.93. The molecule has 0 amide bonds. The van der Waals surface area contributed by atoms with E-state index < -0.39 is 9.84 Å². The van der Waals surface area contributed by atoms with Gasteiger partial charge in [0.05, 0.1) is 18.1 Å². The summed E-state index contributed by atoms with van der Waals surface area (Å²) in [7, 11) is -1.37. The van der Waals surface area contributed by atoms with E-state index in [0.29, 0.717) is 0 Å². The lowest BCUT2D eigenvalue weighted by atomic mass is 10.1. The van der Waals surface area contributed by atoms with Crippen LogP contribution in [-0.4, -0.2) is 36.5 Å². The molecule has 102 valence electrons. The molecule has 1 unspecified atom stereocenters. The zero-order valence-corrected chi connectivity index (χ0v) is 11.8. The fourth-order valence-corrected chi connectivity index (χ4v) is 2.14. The Kier molecular flexibility index (Phi) is 3.68. The maximum atomic E-state index is 11.4. The fourth-order valence-electron chi connectivity index (χ4n) is 1.61. The van der Waals surface area contributed by atoms with Gasteiger partial charge in [0.15, 0.2) is 9.84 Å². The Hall–Kier alpha value is -1.73. The van der Waals surface area contributed by atoms with E-state index in [4.69, 9.17) is 0 Å². The molecule has 1 atom stereocenters. The van der Waals surface area contributed by atoms with Crippen LogP contribution in [0.5, 0.6) is 0 Å². The summed E-state index contributed by atoms with van der Waals surface area (Å²) >= 11 is 0. The highest BCUT2D eigenvalue weighted by Crippen LogP contribution is 2.16. The van der Waals surface area contributed by atoms with E-state index in [1.165, 1.54) is 17.1 Å². The van der Waals surface area contributed by atoms with Crippen LogP contribution in [0.3, 0.4) is 0 Å². The monoisotopic (exact) mass is 280 g/mol. The summed E-state index contributed by atoms with van der Waals surface area (Å²) in [6, 6.07) is 2.09. The van der Waals surface area contributed by atoms with E-state index in [0.717, 1.165) is 17.5 Å². The van der Waals surface area contributed by atoms with Crippen molar-refractivity contribution in [2.24, 2.45) is 0 Å². The van der Waals surface area contributed by atoms with Gasteiger partial charge in [0.1, 0.15) is 4.90 Å². The number of aromatic nitrogens is 3. The van der Waals surface area contributed by atoms with Crippen LogP contribution in [0.15, 0.2) is 35.7 Å². The predicted octanol–water partition coefficient (Wildman–Crippen LogP) is 0.951. The lowest BCUT2D eigenvalue weighted by Crippen LogP contribution is -2.13. The second kappa shape index (κ2) is 5.10. The normalized spacial score (nSPS) is 13.4. The Bertz CT molecular complexity index is 679. The molecule has 0 saturated carbocycles. The maximum Gasteiger partial charge on any atom is 0.178 e. The molecule has 0 saturated heterocycles. The van der Waals surface area contributed by atoms with E-state index in [2.05, 4.69) is 15.4 Å². The molecular formula is C12H16N4O2S. The van der Waals surface area contributed by atoms with E-state index >= 15 is 0 Å². The summed E-state index contributed by atoms with van der Waals surface area (Å²) in [6.07, 6.45) is 7.40. The molecule has 6 nitrogen and oxygen atoms in total. The summed E-state index contributed by atoms with van der Waals surface area (Å²) in [5, 5.41) is 7.18. The Morgan fingerprint density at radius 1 is 1.32 bits per heavy atom. The van der Waals surface area contributed by atoms with Crippen LogP contribution in [-0.2, 0) is 9.84 Å². The molecule has 0 aliphatic rings. The first kappa shape index (κ1) is 13.7. The maximum absolute atomic E-state index is 11.4. The minimum absolute atomic E-state index is 0.164. The molecule has 0 aliphatic heterocycles. The van der Waals surface area contributed by atoms with Gasteiger partial charge in [0.2, 0.25) is 0 Å². The van der Waals surface area contributed by atoms with Crippen molar-refractivity contribution in [1.29, 1.82) is 0 Å². The van der Waals surface area contributed by atoms with Gasteiger partial charge < -0.3 is 5.32 Å². The topological polar surface area (TPSA) is 76.9 Å². The summed E-state index contributed by atoms with van der Waals surface area (Å²) in [6.45, 7) is 2.02. The highest BCUT2D eigenvalue weighted by Gasteiger charge is 2.11. The first-order chi connectivity index (χ1) is 8.91. The first-order valence-corrected chi connectivity index (χ1v) is 7.68. The Balaban J connectivity index is 2.40. The van der Waals surface area contributed by atoms with Crippen molar-refractivity contribution in [3.05, 3.63) is 36.4 Å². The minimum atomic E-state index is -3.24. The third kappa shape index (κ3) is 2.99. The second-order valence-corrected chi connectivity index (χ2v) is 6.40. The van der Waals surface area contributed by atoms with Gasteiger partial charge >= 0.3 is 0 Å². The first-order valence-electron chi connectivity index (χ1n) is 5.79. The van der Waals surface area contributed by atoms with Crippen LogP contribution in [0.4, 0.5) is 0 Å². The van der Waals surface area contributed by atoms with Gasteiger partial charge in [0, 0.05) is 24.7 Å². The molecule has 0 spiro atoms. The van der Waals surface area contributed by atoms with Gasteiger partial charge in [-0.25, -0.2) is 13.1 Å². The lowest BCUT2D eigenvalue weighted by molar-refractivity contribution is 0.602. The molecule has 0 bridgehead atoms. The molecule has 0 fully saturated rings. The second-order valence-electron chi connectivity index (χ2n) is 4.38. The van der Waals surface area contributed by atoms with Crippen molar-refractivity contribution in [3.63, 3.8) is 0 Å². The largest absolute Gasteiger partial charge is 0.313 e. The van der Waals surface area contributed by atoms with Crippen LogP contribution < -0.4 is 5.32 Å². The number of hydrogen-bond donors (Lipinski definition) is 1. The smallest absolute Gasteiger partial charge is 0.178 e. The van der Waals surface area contributed by atoms with Gasteiger partial charge in [-0.05, 0) is 25.6 Å². The Morgan fingerprint density at radius 2 is 2.05 bits per heavy atom. The molecule has 2 heterocycles. The summed E-state index contributed by atoms with van der Waals surface area (Å²) < 4.78 is 24.3. The number of nitrogens with one attached hydrogen (secondary N) is 1. The van der Waals surface area contributed by atoms with Crippen molar-refractivity contribution in [2.75, 3.05) is 13.3 Å². The van der Waals surface area contributed by atoms with Crippen molar-refractivity contribution in [2.45, 2.75) is 17.9 Å². The Morgan fingerprint density at radius 3 is 2.63 bits per heavy atom.